The number of benzene rings is 1. The molecule has 0 amide bonds. The molecule has 0 saturated heterocycles. The molecular formula is C18H14FN3S. The number of rotatable bonds is 4. The zero-order valence-corrected chi connectivity index (χ0v) is 13.1. The highest BCUT2D eigenvalue weighted by Crippen LogP contribution is 2.26. The smallest absolute Gasteiger partial charge is 0.177 e. The van der Waals surface area contributed by atoms with E-state index in [0.29, 0.717) is 0 Å². The third-order valence-corrected chi connectivity index (χ3v) is 4.67. The van der Waals surface area contributed by atoms with Gasteiger partial charge in [-0.3, -0.25) is 0 Å². The van der Waals surface area contributed by atoms with Crippen LogP contribution >= 0.6 is 11.3 Å². The summed E-state index contributed by atoms with van der Waals surface area (Å²) in [6, 6.07) is 12.8. The Morgan fingerprint density at radius 3 is 2.74 bits per heavy atom. The van der Waals surface area contributed by atoms with Crippen molar-refractivity contribution < 1.29 is 4.39 Å². The van der Waals surface area contributed by atoms with E-state index in [0.717, 1.165) is 41.0 Å². The first-order chi connectivity index (χ1) is 11.3. The van der Waals surface area contributed by atoms with Gasteiger partial charge in [-0.05, 0) is 41.6 Å². The van der Waals surface area contributed by atoms with Gasteiger partial charge in [0.05, 0.1) is 5.52 Å². The number of hydrogen-bond donors (Lipinski definition) is 1. The number of pyridine rings is 1. The summed E-state index contributed by atoms with van der Waals surface area (Å²) in [5.41, 5.74) is 3.88. The van der Waals surface area contributed by atoms with E-state index >= 15 is 0 Å². The second kappa shape index (κ2) is 5.93. The highest BCUT2D eigenvalue weighted by Gasteiger charge is 2.07. The van der Waals surface area contributed by atoms with Gasteiger partial charge < -0.3 is 4.98 Å². The predicted molar refractivity (Wildman–Crippen MR) is 91.0 cm³/mol. The van der Waals surface area contributed by atoms with Gasteiger partial charge in [-0.1, -0.05) is 18.2 Å². The van der Waals surface area contributed by atoms with E-state index in [2.05, 4.69) is 32.5 Å². The van der Waals surface area contributed by atoms with Crippen LogP contribution in [0, 0.1) is 5.82 Å². The van der Waals surface area contributed by atoms with Gasteiger partial charge in [0.2, 0.25) is 0 Å². The molecule has 4 aromatic rings. The lowest BCUT2D eigenvalue weighted by Gasteiger charge is -1.98. The van der Waals surface area contributed by atoms with E-state index < -0.39 is 0 Å². The number of halogens is 1. The third kappa shape index (κ3) is 3.00. The van der Waals surface area contributed by atoms with Crippen molar-refractivity contribution >= 4 is 22.5 Å². The van der Waals surface area contributed by atoms with Crippen molar-refractivity contribution in [2.45, 2.75) is 12.8 Å². The Morgan fingerprint density at radius 2 is 1.96 bits per heavy atom. The molecule has 1 aromatic carbocycles. The average Bonchev–Trinajstić information content (AvgIpc) is 3.23. The summed E-state index contributed by atoms with van der Waals surface area (Å²) in [5.74, 6) is 0.697. The van der Waals surface area contributed by atoms with E-state index in [1.54, 1.807) is 11.3 Å². The number of aryl methyl sites for hydroxylation is 2. The van der Waals surface area contributed by atoms with Gasteiger partial charge in [0.15, 0.2) is 5.65 Å². The lowest BCUT2D eigenvalue weighted by atomic mass is 10.1. The molecule has 5 heteroatoms. The van der Waals surface area contributed by atoms with Crippen LogP contribution in [0.2, 0.25) is 0 Å². The Bertz CT molecular complexity index is 927. The zero-order valence-electron chi connectivity index (χ0n) is 12.3. The summed E-state index contributed by atoms with van der Waals surface area (Å²) < 4.78 is 12.9. The molecule has 0 saturated carbocycles. The van der Waals surface area contributed by atoms with Gasteiger partial charge in [0.1, 0.15) is 11.6 Å². The number of fused-ring (bicyclic) bond motifs is 1. The number of aromatic amines is 1. The fourth-order valence-corrected chi connectivity index (χ4v) is 3.27. The van der Waals surface area contributed by atoms with Crippen LogP contribution in [0.1, 0.15) is 11.4 Å². The van der Waals surface area contributed by atoms with Crippen molar-refractivity contribution in [1.29, 1.82) is 0 Å². The quantitative estimate of drug-likeness (QED) is 0.596. The molecule has 3 heterocycles. The second-order valence-corrected chi connectivity index (χ2v) is 6.33. The summed E-state index contributed by atoms with van der Waals surface area (Å²) in [6.45, 7) is 0. The number of imidazole rings is 1. The zero-order chi connectivity index (χ0) is 15.6. The maximum absolute atomic E-state index is 12.9. The van der Waals surface area contributed by atoms with Crippen molar-refractivity contribution in [2.75, 3.05) is 0 Å². The van der Waals surface area contributed by atoms with Crippen molar-refractivity contribution in [1.82, 2.24) is 15.0 Å². The summed E-state index contributed by atoms with van der Waals surface area (Å²) in [6.07, 6.45) is 3.45. The third-order valence-electron chi connectivity index (χ3n) is 3.76. The normalized spacial score (nSPS) is 11.2. The molecule has 1 N–H and O–H groups in total. The molecule has 23 heavy (non-hydrogen) atoms. The number of hydrogen-bond acceptors (Lipinski definition) is 3. The molecule has 3 nitrogen and oxygen atoms in total. The number of nitrogens with one attached hydrogen (secondary N) is 1. The van der Waals surface area contributed by atoms with Crippen LogP contribution in [0.3, 0.4) is 0 Å². The summed E-state index contributed by atoms with van der Waals surface area (Å²) in [4.78, 5) is 13.5. The molecule has 0 aliphatic rings. The molecule has 0 aliphatic heterocycles. The van der Waals surface area contributed by atoms with Crippen LogP contribution in [-0.2, 0) is 12.8 Å². The standard InChI is InChI=1S/C18H14FN3S/c19-14-6-3-12(4-7-14)5-8-17-21-15-10-13(11-20-18(15)22-17)16-2-1-9-23-16/h1-4,6-7,9-11H,5,8H2,(H,20,21,22). The Balaban J connectivity index is 1.55. The number of nitrogens with zero attached hydrogens (tertiary/aromatic N) is 2. The highest BCUT2D eigenvalue weighted by atomic mass is 32.1. The first-order valence-electron chi connectivity index (χ1n) is 7.41. The lowest BCUT2D eigenvalue weighted by molar-refractivity contribution is 0.627. The molecule has 114 valence electrons. The van der Waals surface area contributed by atoms with Crippen molar-refractivity contribution in [3.63, 3.8) is 0 Å². The molecule has 0 fully saturated rings. The van der Waals surface area contributed by atoms with Crippen LogP contribution < -0.4 is 0 Å². The van der Waals surface area contributed by atoms with E-state index in [1.807, 2.05) is 24.4 Å². The largest absolute Gasteiger partial charge is 0.341 e. The molecule has 4 rings (SSSR count). The molecule has 0 spiro atoms. The minimum Gasteiger partial charge on any atom is -0.341 e. The minimum absolute atomic E-state index is 0.206. The number of H-pyrrole nitrogens is 1. The van der Waals surface area contributed by atoms with E-state index in [-0.39, 0.29) is 5.82 Å². The van der Waals surface area contributed by atoms with Gasteiger partial charge in [0.25, 0.3) is 0 Å². The maximum Gasteiger partial charge on any atom is 0.177 e. The van der Waals surface area contributed by atoms with Gasteiger partial charge in [-0.15, -0.1) is 11.3 Å². The van der Waals surface area contributed by atoms with Crippen LogP contribution in [0.5, 0.6) is 0 Å². The predicted octanol–water partition coefficient (Wildman–Crippen LogP) is 4.61. The molecule has 0 aliphatic carbocycles. The average molecular weight is 323 g/mol. The fraction of sp³-hybridized carbons (Fsp3) is 0.111. The Morgan fingerprint density at radius 1 is 1.09 bits per heavy atom. The van der Waals surface area contributed by atoms with Gasteiger partial charge in [0, 0.05) is 23.1 Å². The van der Waals surface area contributed by atoms with E-state index in [1.165, 1.54) is 17.0 Å². The summed E-state index contributed by atoms with van der Waals surface area (Å²) >= 11 is 1.70. The number of thiophene rings is 1. The van der Waals surface area contributed by atoms with E-state index in [9.17, 15) is 4.39 Å². The first kappa shape index (κ1) is 14.1. The van der Waals surface area contributed by atoms with E-state index in [4.69, 9.17) is 0 Å². The Labute approximate surface area is 136 Å². The lowest BCUT2D eigenvalue weighted by Crippen LogP contribution is -1.93. The van der Waals surface area contributed by atoms with Crippen LogP contribution in [0.15, 0.2) is 54.0 Å². The van der Waals surface area contributed by atoms with Crippen molar-refractivity contribution in [3.05, 3.63) is 71.2 Å². The topological polar surface area (TPSA) is 41.6 Å². The molecule has 0 bridgehead atoms. The molecule has 3 aromatic heterocycles. The van der Waals surface area contributed by atoms with Gasteiger partial charge in [-0.2, -0.15) is 0 Å². The summed E-state index contributed by atoms with van der Waals surface area (Å²) in [5, 5.41) is 2.06. The van der Waals surface area contributed by atoms with Crippen molar-refractivity contribution in [3.8, 4) is 10.4 Å². The molecular weight excluding hydrogens is 309 g/mol. The first-order valence-corrected chi connectivity index (χ1v) is 8.29. The van der Waals surface area contributed by atoms with Crippen molar-refractivity contribution in [2.24, 2.45) is 0 Å². The van der Waals surface area contributed by atoms with Crippen LogP contribution in [-0.4, -0.2) is 15.0 Å². The Kier molecular flexibility index (Phi) is 3.63. The molecule has 0 unspecified atom stereocenters. The monoisotopic (exact) mass is 323 g/mol. The Hall–Kier alpha value is -2.53. The number of aromatic nitrogens is 3. The SMILES string of the molecule is Fc1ccc(CCc2nc3ncc(-c4cccs4)cc3[nH]2)cc1. The fourth-order valence-electron chi connectivity index (χ4n) is 2.56. The van der Waals surface area contributed by atoms with Gasteiger partial charge >= 0.3 is 0 Å². The van der Waals surface area contributed by atoms with Crippen LogP contribution in [0.4, 0.5) is 4.39 Å². The summed E-state index contributed by atoms with van der Waals surface area (Å²) in [7, 11) is 0. The maximum atomic E-state index is 12.9. The molecule has 0 atom stereocenters. The van der Waals surface area contributed by atoms with Gasteiger partial charge in [-0.25, -0.2) is 14.4 Å². The second-order valence-electron chi connectivity index (χ2n) is 5.38. The van der Waals surface area contributed by atoms with Crippen LogP contribution in [0.25, 0.3) is 21.6 Å². The highest BCUT2D eigenvalue weighted by molar-refractivity contribution is 7.13. The minimum atomic E-state index is -0.206. The molecule has 0 radical (unpaired) electrons.